The Balaban J connectivity index is 2.21. The average Bonchev–Trinajstić information content (AvgIpc) is 2.64. The van der Waals surface area contributed by atoms with Crippen molar-refractivity contribution in [3.63, 3.8) is 0 Å². The van der Waals surface area contributed by atoms with E-state index >= 15 is 0 Å². The van der Waals surface area contributed by atoms with E-state index in [2.05, 4.69) is 5.32 Å². The van der Waals surface area contributed by atoms with E-state index in [-0.39, 0.29) is 23.9 Å². The molecular formula is C23H28Cl2N2O2. The van der Waals surface area contributed by atoms with Crippen LogP contribution in [0.3, 0.4) is 0 Å². The van der Waals surface area contributed by atoms with Gasteiger partial charge in [0.25, 0.3) is 0 Å². The molecule has 4 nitrogen and oxygen atoms in total. The molecule has 0 saturated carbocycles. The van der Waals surface area contributed by atoms with Gasteiger partial charge in [-0.2, -0.15) is 0 Å². The summed E-state index contributed by atoms with van der Waals surface area (Å²) >= 11 is 12.3. The van der Waals surface area contributed by atoms with Gasteiger partial charge < -0.3 is 10.2 Å². The fourth-order valence-corrected chi connectivity index (χ4v) is 3.40. The number of nitrogens with zero attached hydrogens (tertiary/aromatic N) is 1. The maximum Gasteiger partial charge on any atom is 0.242 e. The van der Waals surface area contributed by atoms with Crippen molar-refractivity contribution in [3.8, 4) is 0 Å². The van der Waals surface area contributed by atoms with Gasteiger partial charge >= 0.3 is 0 Å². The summed E-state index contributed by atoms with van der Waals surface area (Å²) < 4.78 is 0. The molecule has 6 heteroatoms. The highest BCUT2D eigenvalue weighted by atomic mass is 35.5. The molecule has 0 aromatic heterocycles. The second-order valence-electron chi connectivity index (χ2n) is 8.16. The van der Waals surface area contributed by atoms with Crippen LogP contribution in [0.2, 0.25) is 10.0 Å². The Morgan fingerprint density at radius 1 is 1.07 bits per heavy atom. The molecule has 2 aromatic rings. The zero-order chi connectivity index (χ0) is 21.6. The molecule has 1 unspecified atom stereocenters. The first-order chi connectivity index (χ1) is 13.6. The third-order valence-electron chi connectivity index (χ3n) is 4.49. The molecule has 2 rings (SSSR count). The van der Waals surface area contributed by atoms with Gasteiger partial charge in [0.1, 0.15) is 6.04 Å². The monoisotopic (exact) mass is 434 g/mol. The van der Waals surface area contributed by atoms with Gasteiger partial charge in [0.05, 0.1) is 0 Å². The van der Waals surface area contributed by atoms with E-state index in [0.717, 1.165) is 11.1 Å². The van der Waals surface area contributed by atoms with Gasteiger partial charge in [-0.25, -0.2) is 0 Å². The largest absolute Gasteiger partial charge is 0.350 e. The van der Waals surface area contributed by atoms with Gasteiger partial charge in [-0.3, -0.25) is 9.59 Å². The summed E-state index contributed by atoms with van der Waals surface area (Å²) in [5.41, 5.74) is 1.44. The number of carbonyl (C=O) groups excluding carboxylic acids is 2. The molecule has 0 fully saturated rings. The fraction of sp³-hybridized carbons (Fsp3) is 0.391. The number of nitrogens with one attached hydrogen (secondary N) is 1. The lowest BCUT2D eigenvalue weighted by Crippen LogP contribution is -2.52. The van der Waals surface area contributed by atoms with Crippen LogP contribution in [0.4, 0.5) is 0 Å². The third kappa shape index (κ3) is 7.37. The molecular weight excluding hydrogens is 407 g/mol. The summed E-state index contributed by atoms with van der Waals surface area (Å²) in [4.78, 5) is 27.4. The molecule has 2 aromatic carbocycles. The van der Waals surface area contributed by atoms with Gasteiger partial charge in [0, 0.05) is 28.5 Å². The second-order valence-corrected chi connectivity index (χ2v) is 9.00. The number of hydrogen-bond donors (Lipinski definition) is 1. The minimum atomic E-state index is -0.635. The number of carbonyl (C=O) groups is 2. The standard InChI is InChI=1S/C23H28Cl2N2O2/c1-16(22(29)26-23(2,3)4)27(15-18-11-12-19(24)14-20(18)25)21(28)13-10-17-8-6-5-7-9-17/h5-9,11-12,14,16H,10,13,15H2,1-4H3,(H,26,29). The average molecular weight is 435 g/mol. The zero-order valence-electron chi connectivity index (χ0n) is 17.3. The highest BCUT2D eigenvalue weighted by molar-refractivity contribution is 6.35. The third-order valence-corrected chi connectivity index (χ3v) is 5.08. The van der Waals surface area contributed by atoms with Crippen molar-refractivity contribution in [2.75, 3.05) is 0 Å². The number of halogens is 2. The molecule has 1 atom stereocenters. The zero-order valence-corrected chi connectivity index (χ0v) is 18.8. The Bertz CT molecular complexity index is 848. The van der Waals surface area contributed by atoms with E-state index in [9.17, 15) is 9.59 Å². The molecule has 2 amide bonds. The second kappa shape index (κ2) is 10.1. The van der Waals surface area contributed by atoms with E-state index in [4.69, 9.17) is 23.2 Å². The summed E-state index contributed by atoms with van der Waals surface area (Å²) in [5.74, 6) is -0.299. The maximum atomic E-state index is 13.1. The van der Waals surface area contributed by atoms with Crippen LogP contribution in [-0.2, 0) is 22.6 Å². The van der Waals surface area contributed by atoms with Crippen molar-refractivity contribution in [1.82, 2.24) is 10.2 Å². The number of hydrogen-bond acceptors (Lipinski definition) is 2. The number of benzene rings is 2. The van der Waals surface area contributed by atoms with Crippen molar-refractivity contribution in [2.45, 2.75) is 58.7 Å². The smallest absolute Gasteiger partial charge is 0.242 e. The van der Waals surface area contributed by atoms with Crippen molar-refractivity contribution >= 4 is 35.0 Å². The molecule has 29 heavy (non-hydrogen) atoms. The first kappa shape index (κ1) is 23.2. The molecule has 0 aliphatic heterocycles. The molecule has 0 heterocycles. The molecule has 0 saturated heterocycles. The number of rotatable bonds is 7. The summed E-state index contributed by atoms with van der Waals surface area (Å²) in [6, 6.07) is 14.3. The summed E-state index contributed by atoms with van der Waals surface area (Å²) in [5, 5.41) is 3.95. The lowest BCUT2D eigenvalue weighted by molar-refractivity contribution is -0.141. The Morgan fingerprint density at radius 3 is 2.31 bits per heavy atom. The molecule has 0 radical (unpaired) electrons. The predicted molar refractivity (Wildman–Crippen MR) is 119 cm³/mol. The van der Waals surface area contributed by atoms with Crippen molar-refractivity contribution in [1.29, 1.82) is 0 Å². The van der Waals surface area contributed by atoms with Crippen LogP contribution >= 0.6 is 23.2 Å². The molecule has 156 valence electrons. The highest BCUT2D eigenvalue weighted by Crippen LogP contribution is 2.24. The summed E-state index contributed by atoms with van der Waals surface area (Å²) in [6.07, 6.45) is 0.917. The number of aryl methyl sites for hydroxylation is 1. The quantitative estimate of drug-likeness (QED) is 0.645. The lowest BCUT2D eigenvalue weighted by Gasteiger charge is -2.31. The van der Waals surface area contributed by atoms with E-state index in [1.165, 1.54) is 0 Å². The molecule has 0 bridgehead atoms. The van der Waals surface area contributed by atoms with Gasteiger partial charge in [-0.1, -0.05) is 59.6 Å². The van der Waals surface area contributed by atoms with Crippen molar-refractivity contribution in [3.05, 3.63) is 69.7 Å². The maximum absolute atomic E-state index is 13.1. The molecule has 0 spiro atoms. The normalized spacial score (nSPS) is 12.3. The van der Waals surface area contributed by atoms with Gasteiger partial charge in [0.15, 0.2) is 0 Å². The van der Waals surface area contributed by atoms with Crippen LogP contribution in [0.15, 0.2) is 48.5 Å². The SMILES string of the molecule is CC(C(=O)NC(C)(C)C)N(Cc1ccc(Cl)cc1Cl)C(=O)CCc1ccccc1. The Morgan fingerprint density at radius 2 is 1.72 bits per heavy atom. The minimum Gasteiger partial charge on any atom is -0.350 e. The Hall–Kier alpha value is -2.04. The van der Waals surface area contributed by atoms with Gasteiger partial charge in [0.2, 0.25) is 11.8 Å². The van der Waals surface area contributed by atoms with E-state index in [1.54, 1.807) is 30.0 Å². The van der Waals surface area contributed by atoms with E-state index in [0.29, 0.717) is 22.9 Å². The van der Waals surface area contributed by atoms with Crippen molar-refractivity contribution < 1.29 is 9.59 Å². The first-order valence-corrected chi connectivity index (χ1v) is 10.4. The Kier molecular flexibility index (Phi) is 8.12. The topological polar surface area (TPSA) is 49.4 Å². The van der Waals surface area contributed by atoms with Crippen LogP contribution < -0.4 is 5.32 Å². The molecule has 0 aliphatic rings. The Labute approximate surface area is 183 Å². The van der Waals surface area contributed by atoms with Crippen LogP contribution in [0.1, 0.15) is 45.2 Å². The minimum absolute atomic E-state index is 0.101. The van der Waals surface area contributed by atoms with E-state index in [1.807, 2.05) is 51.1 Å². The highest BCUT2D eigenvalue weighted by Gasteiger charge is 2.28. The summed E-state index contributed by atoms with van der Waals surface area (Å²) in [7, 11) is 0. The van der Waals surface area contributed by atoms with Crippen LogP contribution in [-0.4, -0.2) is 28.3 Å². The van der Waals surface area contributed by atoms with Crippen LogP contribution in [0.25, 0.3) is 0 Å². The fourth-order valence-electron chi connectivity index (χ4n) is 2.93. The van der Waals surface area contributed by atoms with Crippen LogP contribution in [0.5, 0.6) is 0 Å². The molecule has 0 aliphatic carbocycles. The first-order valence-electron chi connectivity index (χ1n) is 9.66. The molecule has 1 N–H and O–H groups in total. The van der Waals surface area contributed by atoms with Crippen molar-refractivity contribution in [2.24, 2.45) is 0 Å². The van der Waals surface area contributed by atoms with Gasteiger partial charge in [-0.15, -0.1) is 0 Å². The lowest BCUT2D eigenvalue weighted by atomic mass is 10.1. The van der Waals surface area contributed by atoms with Crippen LogP contribution in [0, 0.1) is 0 Å². The predicted octanol–water partition coefficient (Wildman–Crippen LogP) is 5.26. The van der Waals surface area contributed by atoms with Gasteiger partial charge in [-0.05, 0) is 57.4 Å². The van der Waals surface area contributed by atoms with E-state index < -0.39 is 6.04 Å². The number of amides is 2. The summed E-state index contributed by atoms with van der Waals surface area (Å²) in [6.45, 7) is 7.72.